The molecule has 0 N–H and O–H groups in total. The summed E-state index contributed by atoms with van der Waals surface area (Å²) >= 11 is 12.7. The third-order valence-corrected chi connectivity index (χ3v) is 6.45. The molecule has 168 valence electrons. The molecule has 0 radical (unpaired) electrons. The van der Waals surface area contributed by atoms with Crippen LogP contribution in [0, 0.1) is 0 Å². The van der Waals surface area contributed by atoms with Gasteiger partial charge in [0.25, 0.3) is 5.91 Å². The van der Waals surface area contributed by atoms with Crippen molar-refractivity contribution in [2.45, 2.75) is 6.61 Å². The number of benzene rings is 3. The first kappa shape index (κ1) is 23.2. The van der Waals surface area contributed by atoms with Crippen molar-refractivity contribution >= 4 is 57.6 Å². The minimum Gasteiger partial charge on any atom is -0.497 e. The minimum absolute atomic E-state index is 0.207. The molecule has 33 heavy (non-hydrogen) atoms. The number of carbonyl (C=O) groups is 1. The van der Waals surface area contributed by atoms with Gasteiger partial charge in [0, 0.05) is 11.1 Å². The zero-order valence-electron chi connectivity index (χ0n) is 17.9. The summed E-state index contributed by atoms with van der Waals surface area (Å²) in [6, 6.07) is 20.3. The Morgan fingerprint density at radius 3 is 2.52 bits per heavy atom. The fourth-order valence-electron chi connectivity index (χ4n) is 3.24. The average molecular weight is 498 g/mol. The van der Waals surface area contributed by atoms with Gasteiger partial charge < -0.3 is 14.2 Å². The molecule has 5 nitrogen and oxygen atoms in total. The van der Waals surface area contributed by atoms with Gasteiger partial charge in [0.15, 0.2) is 4.32 Å². The molecule has 0 bridgehead atoms. The third kappa shape index (κ3) is 5.33. The standard InChI is InChI=1S/C25H20ClNO4S2/c1-29-19-10-11-21(22(14-19)30-2)27-24(28)23(33-25(27)32)13-17-4-3-5-20(12-17)31-15-16-6-8-18(26)9-7-16/h3-14H,15H2,1-2H3/b23-13-. The van der Waals surface area contributed by atoms with E-state index in [1.165, 1.54) is 16.7 Å². The number of amides is 1. The van der Waals surface area contributed by atoms with Crippen molar-refractivity contribution in [3.05, 3.63) is 87.8 Å². The fourth-order valence-corrected chi connectivity index (χ4v) is 4.65. The van der Waals surface area contributed by atoms with Gasteiger partial charge in [-0.25, -0.2) is 0 Å². The Hall–Kier alpha value is -3.00. The molecule has 1 heterocycles. The van der Waals surface area contributed by atoms with Crippen molar-refractivity contribution in [1.29, 1.82) is 0 Å². The predicted octanol–water partition coefficient (Wildman–Crippen LogP) is 6.34. The molecule has 0 saturated carbocycles. The Morgan fingerprint density at radius 1 is 1.00 bits per heavy atom. The Bertz CT molecular complexity index is 1230. The number of rotatable bonds is 7. The second kappa shape index (κ2) is 10.3. The SMILES string of the molecule is COc1ccc(N2C(=O)/C(=C/c3cccc(OCc4ccc(Cl)cc4)c3)SC2=S)c(OC)c1. The normalized spacial score (nSPS) is 14.6. The van der Waals surface area contributed by atoms with Crippen molar-refractivity contribution in [2.24, 2.45) is 0 Å². The van der Waals surface area contributed by atoms with Crippen LogP contribution in [0.4, 0.5) is 5.69 Å². The molecular weight excluding hydrogens is 478 g/mol. The van der Waals surface area contributed by atoms with Crippen molar-refractivity contribution < 1.29 is 19.0 Å². The third-order valence-electron chi connectivity index (χ3n) is 4.90. The lowest BCUT2D eigenvalue weighted by Crippen LogP contribution is -2.27. The summed E-state index contributed by atoms with van der Waals surface area (Å²) in [7, 11) is 3.12. The first-order chi connectivity index (χ1) is 16.0. The van der Waals surface area contributed by atoms with E-state index >= 15 is 0 Å². The molecule has 0 aromatic heterocycles. The van der Waals surface area contributed by atoms with Crippen LogP contribution in [0.15, 0.2) is 71.6 Å². The lowest BCUT2D eigenvalue weighted by molar-refractivity contribution is -0.113. The lowest BCUT2D eigenvalue weighted by atomic mass is 10.2. The number of thiocarbonyl (C=S) groups is 1. The van der Waals surface area contributed by atoms with Gasteiger partial charge in [-0.05, 0) is 53.6 Å². The Kier molecular flexibility index (Phi) is 7.23. The molecule has 1 saturated heterocycles. The van der Waals surface area contributed by atoms with E-state index in [-0.39, 0.29) is 5.91 Å². The number of hydrogen-bond acceptors (Lipinski definition) is 6. The highest BCUT2D eigenvalue weighted by molar-refractivity contribution is 8.27. The van der Waals surface area contributed by atoms with Crippen LogP contribution in [0.25, 0.3) is 6.08 Å². The van der Waals surface area contributed by atoms with Gasteiger partial charge in [0.2, 0.25) is 0 Å². The molecule has 0 aliphatic carbocycles. The van der Waals surface area contributed by atoms with Gasteiger partial charge in [-0.15, -0.1) is 0 Å². The Labute approximate surface area is 206 Å². The highest BCUT2D eigenvalue weighted by Gasteiger charge is 2.35. The molecular formula is C25H20ClNO4S2. The molecule has 0 spiro atoms. The maximum Gasteiger partial charge on any atom is 0.270 e. The number of ether oxygens (including phenoxy) is 3. The van der Waals surface area contributed by atoms with Gasteiger partial charge in [-0.3, -0.25) is 9.69 Å². The monoisotopic (exact) mass is 497 g/mol. The van der Waals surface area contributed by atoms with E-state index in [2.05, 4.69) is 0 Å². The van der Waals surface area contributed by atoms with Crippen LogP contribution < -0.4 is 19.1 Å². The minimum atomic E-state index is -0.207. The summed E-state index contributed by atoms with van der Waals surface area (Å²) in [6.07, 6.45) is 1.81. The van der Waals surface area contributed by atoms with Crippen LogP contribution in [0.2, 0.25) is 5.02 Å². The number of hydrogen-bond donors (Lipinski definition) is 0. The highest BCUT2D eigenvalue weighted by Crippen LogP contribution is 2.41. The van der Waals surface area contributed by atoms with Crippen molar-refractivity contribution in [3.63, 3.8) is 0 Å². The summed E-state index contributed by atoms with van der Waals surface area (Å²) in [5, 5.41) is 0.685. The molecule has 0 unspecified atom stereocenters. The number of thioether (sulfide) groups is 1. The number of nitrogens with zero attached hydrogens (tertiary/aromatic N) is 1. The summed E-state index contributed by atoms with van der Waals surface area (Å²) in [4.78, 5) is 15.2. The van der Waals surface area contributed by atoms with Crippen LogP contribution in [-0.4, -0.2) is 24.4 Å². The largest absolute Gasteiger partial charge is 0.497 e. The molecule has 1 amide bonds. The van der Waals surface area contributed by atoms with Gasteiger partial charge >= 0.3 is 0 Å². The van der Waals surface area contributed by atoms with Gasteiger partial charge in [-0.2, -0.15) is 0 Å². The van der Waals surface area contributed by atoms with Crippen LogP contribution in [0.3, 0.4) is 0 Å². The molecule has 1 aliphatic heterocycles. The smallest absolute Gasteiger partial charge is 0.270 e. The summed E-state index contributed by atoms with van der Waals surface area (Å²) < 4.78 is 17.0. The Balaban J connectivity index is 1.53. The Morgan fingerprint density at radius 2 is 1.79 bits per heavy atom. The zero-order valence-corrected chi connectivity index (χ0v) is 20.3. The van der Waals surface area contributed by atoms with E-state index in [1.54, 1.807) is 32.4 Å². The maximum absolute atomic E-state index is 13.2. The summed E-state index contributed by atoms with van der Waals surface area (Å²) in [5.74, 6) is 1.63. The molecule has 4 rings (SSSR count). The van der Waals surface area contributed by atoms with Gasteiger partial charge in [0.1, 0.15) is 23.9 Å². The van der Waals surface area contributed by atoms with E-state index in [1.807, 2.05) is 54.6 Å². The molecule has 1 fully saturated rings. The van der Waals surface area contributed by atoms with Crippen LogP contribution in [-0.2, 0) is 11.4 Å². The van der Waals surface area contributed by atoms with E-state index < -0.39 is 0 Å². The zero-order chi connectivity index (χ0) is 23.4. The van der Waals surface area contributed by atoms with Gasteiger partial charge in [-0.1, -0.05) is 59.8 Å². The molecule has 3 aromatic rings. The highest BCUT2D eigenvalue weighted by atomic mass is 35.5. The van der Waals surface area contributed by atoms with E-state index in [0.717, 1.165) is 11.1 Å². The summed E-state index contributed by atoms with van der Waals surface area (Å²) in [6.45, 7) is 0.417. The second-order valence-electron chi connectivity index (χ2n) is 7.04. The van der Waals surface area contributed by atoms with Crippen molar-refractivity contribution in [2.75, 3.05) is 19.1 Å². The summed E-state index contributed by atoms with van der Waals surface area (Å²) in [5.41, 5.74) is 2.43. The number of methoxy groups -OCH3 is 2. The number of halogens is 1. The molecule has 1 aliphatic rings. The first-order valence-electron chi connectivity index (χ1n) is 9.96. The quantitative estimate of drug-likeness (QED) is 0.280. The predicted molar refractivity (Wildman–Crippen MR) is 137 cm³/mol. The van der Waals surface area contributed by atoms with Crippen molar-refractivity contribution in [1.82, 2.24) is 0 Å². The van der Waals surface area contributed by atoms with Crippen LogP contribution in [0.5, 0.6) is 17.2 Å². The van der Waals surface area contributed by atoms with E-state index in [9.17, 15) is 4.79 Å². The number of anilines is 1. The first-order valence-corrected chi connectivity index (χ1v) is 11.6. The van der Waals surface area contributed by atoms with Crippen LogP contribution in [0.1, 0.15) is 11.1 Å². The average Bonchev–Trinajstić information content (AvgIpc) is 3.10. The maximum atomic E-state index is 13.2. The fraction of sp³-hybridized carbons (Fsp3) is 0.120. The van der Waals surface area contributed by atoms with Crippen LogP contribution >= 0.6 is 35.6 Å². The molecule has 8 heteroatoms. The second-order valence-corrected chi connectivity index (χ2v) is 9.15. The lowest BCUT2D eigenvalue weighted by Gasteiger charge is -2.18. The van der Waals surface area contributed by atoms with Crippen molar-refractivity contribution in [3.8, 4) is 17.2 Å². The number of carbonyl (C=O) groups excluding carboxylic acids is 1. The molecule has 3 aromatic carbocycles. The van der Waals surface area contributed by atoms with E-state index in [0.29, 0.717) is 43.8 Å². The van der Waals surface area contributed by atoms with Gasteiger partial charge in [0.05, 0.1) is 24.8 Å². The van der Waals surface area contributed by atoms with E-state index in [4.69, 9.17) is 38.0 Å². The topological polar surface area (TPSA) is 48.0 Å². The molecule has 0 atom stereocenters.